The van der Waals surface area contributed by atoms with E-state index in [1.54, 1.807) is 11.1 Å². The van der Waals surface area contributed by atoms with Gasteiger partial charge in [0.25, 0.3) is 0 Å². The number of carbonyl (C=O) groups excluding carboxylic acids is 1. The summed E-state index contributed by atoms with van der Waals surface area (Å²) >= 11 is 3.40. The van der Waals surface area contributed by atoms with Crippen molar-refractivity contribution in [2.75, 3.05) is 18.0 Å². The average Bonchev–Trinajstić information content (AvgIpc) is 3.12. The third-order valence-electron chi connectivity index (χ3n) is 3.58. The van der Waals surface area contributed by atoms with Crippen molar-refractivity contribution >= 4 is 27.8 Å². The Hall–Kier alpha value is -2.31. The highest BCUT2D eigenvalue weighted by Gasteiger charge is 2.31. The third-order valence-corrected chi connectivity index (χ3v) is 4.11. The minimum absolute atomic E-state index is 0.00477. The maximum absolute atomic E-state index is 12.1. The van der Waals surface area contributed by atoms with Crippen molar-refractivity contribution in [3.63, 3.8) is 0 Å². The van der Waals surface area contributed by atoms with Gasteiger partial charge in [0.1, 0.15) is 0 Å². The van der Waals surface area contributed by atoms with E-state index in [0.717, 1.165) is 15.7 Å². The molecule has 8 heteroatoms. The van der Waals surface area contributed by atoms with E-state index in [1.165, 1.54) is 0 Å². The van der Waals surface area contributed by atoms with Gasteiger partial charge in [-0.2, -0.15) is 0 Å². The number of H-pyrrole nitrogens is 1. The number of azide groups is 1. The quantitative estimate of drug-likeness (QED) is 0.512. The first-order valence-corrected chi connectivity index (χ1v) is 7.59. The van der Waals surface area contributed by atoms with Gasteiger partial charge in [0.2, 0.25) is 11.9 Å². The van der Waals surface area contributed by atoms with E-state index in [2.05, 4.69) is 35.9 Å². The van der Waals surface area contributed by atoms with Gasteiger partial charge in [0.05, 0.1) is 11.9 Å². The molecule has 7 nitrogen and oxygen atoms in total. The number of hydrogen-bond donors (Lipinski definition) is 1. The summed E-state index contributed by atoms with van der Waals surface area (Å²) in [7, 11) is 0. The maximum atomic E-state index is 12.1. The molecule has 1 fully saturated rings. The molecule has 0 radical (unpaired) electrons. The van der Waals surface area contributed by atoms with Crippen LogP contribution >= 0.6 is 15.9 Å². The smallest absolute Gasteiger partial charge is 0.229 e. The van der Waals surface area contributed by atoms with Gasteiger partial charge in [-0.05, 0) is 29.1 Å². The van der Waals surface area contributed by atoms with E-state index in [0.29, 0.717) is 25.5 Å². The number of imidazole rings is 1. The Morgan fingerprint density at radius 3 is 2.95 bits per heavy atom. The SMILES string of the molecule is [N-]=[N+]=NCC1CC(=O)N(c2ncc(-c3ccc(Br)cc3)[nH]2)C1. The number of aromatic nitrogens is 2. The molecule has 0 saturated carbocycles. The van der Waals surface area contributed by atoms with E-state index in [1.807, 2.05) is 24.3 Å². The number of benzene rings is 1. The van der Waals surface area contributed by atoms with E-state index in [4.69, 9.17) is 5.53 Å². The van der Waals surface area contributed by atoms with Gasteiger partial charge in [0.15, 0.2) is 0 Å². The van der Waals surface area contributed by atoms with Crippen molar-refractivity contribution in [1.29, 1.82) is 0 Å². The maximum Gasteiger partial charge on any atom is 0.229 e. The fourth-order valence-corrected chi connectivity index (χ4v) is 2.75. The van der Waals surface area contributed by atoms with Crippen molar-refractivity contribution in [2.45, 2.75) is 6.42 Å². The summed E-state index contributed by atoms with van der Waals surface area (Å²) in [6.07, 6.45) is 2.10. The summed E-state index contributed by atoms with van der Waals surface area (Å²) in [6.45, 7) is 0.851. The number of nitrogens with zero attached hydrogens (tertiary/aromatic N) is 5. The minimum atomic E-state index is -0.00477. The van der Waals surface area contributed by atoms with Gasteiger partial charge >= 0.3 is 0 Å². The number of anilines is 1. The molecule has 2 heterocycles. The zero-order chi connectivity index (χ0) is 15.5. The van der Waals surface area contributed by atoms with Crippen molar-refractivity contribution in [3.8, 4) is 11.3 Å². The molecule has 0 spiro atoms. The van der Waals surface area contributed by atoms with Crippen molar-refractivity contribution < 1.29 is 4.79 Å². The van der Waals surface area contributed by atoms with Gasteiger partial charge in [-0.15, -0.1) is 0 Å². The monoisotopic (exact) mass is 360 g/mol. The lowest BCUT2D eigenvalue weighted by molar-refractivity contribution is -0.117. The van der Waals surface area contributed by atoms with E-state index >= 15 is 0 Å². The van der Waals surface area contributed by atoms with Crippen LogP contribution in [0.5, 0.6) is 0 Å². The molecule has 1 aromatic carbocycles. The molecule has 0 bridgehead atoms. The van der Waals surface area contributed by atoms with E-state index < -0.39 is 0 Å². The molecule has 2 aromatic rings. The Kier molecular flexibility index (Phi) is 4.13. The van der Waals surface area contributed by atoms with Gasteiger partial charge in [0, 0.05) is 28.9 Å². The second-order valence-electron chi connectivity index (χ2n) is 5.12. The summed E-state index contributed by atoms with van der Waals surface area (Å²) in [5, 5.41) is 3.54. The molecule has 1 aliphatic heterocycles. The predicted octanol–water partition coefficient (Wildman–Crippen LogP) is 3.50. The fourth-order valence-electron chi connectivity index (χ4n) is 2.48. The molecule has 1 aliphatic rings. The van der Waals surface area contributed by atoms with Crippen LogP contribution in [0.4, 0.5) is 5.95 Å². The number of nitrogens with one attached hydrogen (secondary N) is 1. The first-order valence-electron chi connectivity index (χ1n) is 6.79. The topological polar surface area (TPSA) is 97.8 Å². The van der Waals surface area contributed by atoms with Crippen LogP contribution < -0.4 is 4.90 Å². The fraction of sp³-hybridized carbons (Fsp3) is 0.286. The summed E-state index contributed by atoms with van der Waals surface area (Å²) in [4.78, 5) is 23.9. The molecular formula is C14H13BrN6O. The number of carbonyl (C=O) groups is 1. The highest BCUT2D eigenvalue weighted by atomic mass is 79.9. The normalized spacial score (nSPS) is 17.6. The summed E-state index contributed by atoms with van der Waals surface area (Å²) in [6, 6.07) is 7.84. The van der Waals surface area contributed by atoms with Crippen molar-refractivity contribution in [1.82, 2.24) is 9.97 Å². The molecule has 1 N–H and O–H groups in total. The molecule has 22 heavy (non-hydrogen) atoms. The van der Waals surface area contributed by atoms with Crippen LogP contribution in [0.3, 0.4) is 0 Å². The van der Waals surface area contributed by atoms with E-state index in [-0.39, 0.29) is 11.8 Å². The van der Waals surface area contributed by atoms with Crippen LogP contribution in [-0.2, 0) is 4.79 Å². The number of hydrogen-bond acceptors (Lipinski definition) is 3. The second kappa shape index (κ2) is 6.21. The Morgan fingerprint density at radius 1 is 1.45 bits per heavy atom. The van der Waals surface area contributed by atoms with Gasteiger partial charge in [-0.25, -0.2) is 4.98 Å². The molecule has 3 rings (SSSR count). The van der Waals surface area contributed by atoms with Crippen LogP contribution in [-0.4, -0.2) is 29.0 Å². The Labute approximate surface area is 135 Å². The zero-order valence-electron chi connectivity index (χ0n) is 11.6. The van der Waals surface area contributed by atoms with Crippen LogP contribution in [0.25, 0.3) is 21.7 Å². The number of rotatable bonds is 4. The molecule has 1 amide bonds. The van der Waals surface area contributed by atoms with Crippen LogP contribution in [0.15, 0.2) is 40.0 Å². The average molecular weight is 361 g/mol. The summed E-state index contributed by atoms with van der Waals surface area (Å²) in [5.41, 5.74) is 10.2. The summed E-state index contributed by atoms with van der Waals surface area (Å²) < 4.78 is 1.01. The van der Waals surface area contributed by atoms with Gasteiger partial charge < -0.3 is 4.98 Å². The van der Waals surface area contributed by atoms with Gasteiger partial charge in [-0.3, -0.25) is 9.69 Å². The van der Waals surface area contributed by atoms with Crippen LogP contribution in [0.2, 0.25) is 0 Å². The molecule has 1 aromatic heterocycles. The molecular weight excluding hydrogens is 348 g/mol. The number of halogens is 1. The lowest BCUT2D eigenvalue weighted by Gasteiger charge is -2.12. The first kappa shape index (κ1) is 14.6. The zero-order valence-corrected chi connectivity index (χ0v) is 13.2. The molecule has 1 atom stereocenters. The Bertz CT molecular complexity index is 734. The lowest BCUT2D eigenvalue weighted by Crippen LogP contribution is -2.25. The standard InChI is InChI=1S/C14H13BrN6O/c15-11-3-1-10(2-4-11)12-7-17-14(19-12)21-8-9(5-13(21)22)6-18-20-16/h1-4,7,9H,5-6,8H2,(H,17,19). The lowest BCUT2D eigenvalue weighted by atomic mass is 10.1. The highest BCUT2D eigenvalue weighted by molar-refractivity contribution is 9.10. The number of amides is 1. The largest absolute Gasteiger partial charge is 0.324 e. The number of aromatic amines is 1. The minimum Gasteiger partial charge on any atom is -0.324 e. The second-order valence-corrected chi connectivity index (χ2v) is 6.03. The molecule has 1 unspecified atom stereocenters. The molecule has 1 saturated heterocycles. The Morgan fingerprint density at radius 2 is 2.23 bits per heavy atom. The predicted molar refractivity (Wildman–Crippen MR) is 86.2 cm³/mol. The highest BCUT2D eigenvalue weighted by Crippen LogP contribution is 2.26. The van der Waals surface area contributed by atoms with Crippen LogP contribution in [0, 0.1) is 5.92 Å². The van der Waals surface area contributed by atoms with Crippen molar-refractivity contribution in [2.24, 2.45) is 11.0 Å². The van der Waals surface area contributed by atoms with Crippen molar-refractivity contribution in [3.05, 3.63) is 45.4 Å². The molecule has 112 valence electrons. The molecule has 0 aliphatic carbocycles. The Balaban J connectivity index is 1.77. The van der Waals surface area contributed by atoms with Crippen LogP contribution in [0.1, 0.15) is 6.42 Å². The van der Waals surface area contributed by atoms with Gasteiger partial charge in [-0.1, -0.05) is 33.2 Å². The summed E-state index contributed by atoms with van der Waals surface area (Å²) in [5.74, 6) is 0.575. The first-order chi connectivity index (χ1) is 10.7. The van der Waals surface area contributed by atoms with E-state index in [9.17, 15) is 4.79 Å². The third kappa shape index (κ3) is 2.98.